The van der Waals surface area contributed by atoms with E-state index in [-0.39, 0.29) is 0 Å². The Kier molecular flexibility index (Phi) is 2.33. The Morgan fingerprint density at radius 2 is 1.94 bits per heavy atom. The molecule has 1 N–H and O–H groups in total. The highest BCUT2D eigenvalue weighted by Crippen LogP contribution is 2.33. The summed E-state index contributed by atoms with van der Waals surface area (Å²) in [5.41, 5.74) is 2.27. The number of furan rings is 1. The Hall–Kier alpha value is -1.48. The Morgan fingerprint density at radius 1 is 1.19 bits per heavy atom. The highest BCUT2D eigenvalue weighted by molar-refractivity contribution is 5.92. The minimum atomic E-state index is 0.994. The molecule has 16 heavy (non-hydrogen) atoms. The minimum Gasteiger partial charge on any atom is -0.459 e. The van der Waals surface area contributed by atoms with Gasteiger partial charge >= 0.3 is 0 Å². The zero-order chi connectivity index (χ0) is 11.0. The monoisotopic (exact) mass is 216 g/mol. The number of piperazine rings is 1. The maximum Gasteiger partial charge on any atom is 0.136 e. The van der Waals surface area contributed by atoms with Gasteiger partial charge in [0.05, 0.1) is 5.69 Å². The molecule has 1 aliphatic heterocycles. The van der Waals surface area contributed by atoms with Gasteiger partial charge in [-0.1, -0.05) is 12.1 Å². The Morgan fingerprint density at radius 3 is 2.75 bits per heavy atom. The van der Waals surface area contributed by atoms with Gasteiger partial charge < -0.3 is 14.6 Å². The first-order chi connectivity index (χ1) is 7.86. The van der Waals surface area contributed by atoms with Crippen LogP contribution in [-0.4, -0.2) is 26.2 Å². The molecule has 1 saturated heterocycles. The third-order valence-corrected chi connectivity index (χ3v) is 3.17. The first-order valence-electron chi connectivity index (χ1n) is 5.80. The first-order valence-corrected chi connectivity index (χ1v) is 5.80. The van der Waals surface area contributed by atoms with Crippen LogP contribution in [0.5, 0.6) is 0 Å². The van der Waals surface area contributed by atoms with Gasteiger partial charge in [-0.25, -0.2) is 0 Å². The van der Waals surface area contributed by atoms with Crippen LogP contribution in [0.3, 0.4) is 0 Å². The third-order valence-electron chi connectivity index (χ3n) is 3.17. The molecule has 0 aliphatic carbocycles. The fraction of sp³-hybridized carbons (Fsp3) is 0.385. The number of fused-ring (bicyclic) bond motifs is 1. The van der Waals surface area contributed by atoms with Crippen molar-refractivity contribution in [3.63, 3.8) is 0 Å². The van der Waals surface area contributed by atoms with Gasteiger partial charge in [0.15, 0.2) is 0 Å². The van der Waals surface area contributed by atoms with Crippen LogP contribution in [-0.2, 0) is 0 Å². The maximum atomic E-state index is 5.79. The molecule has 0 spiro atoms. The van der Waals surface area contributed by atoms with Crippen molar-refractivity contribution < 1.29 is 4.42 Å². The lowest BCUT2D eigenvalue weighted by molar-refractivity contribution is 0.559. The summed E-state index contributed by atoms with van der Waals surface area (Å²) < 4.78 is 5.79. The number of benzene rings is 1. The molecule has 2 aromatic rings. The van der Waals surface area contributed by atoms with Crippen molar-refractivity contribution in [3.05, 3.63) is 30.0 Å². The average Bonchev–Trinajstić information content (AvgIpc) is 2.66. The van der Waals surface area contributed by atoms with Crippen molar-refractivity contribution in [2.75, 3.05) is 31.1 Å². The Bertz CT molecular complexity index is 498. The molecule has 1 aromatic carbocycles. The molecule has 0 unspecified atom stereocenters. The van der Waals surface area contributed by atoms with Gasteiger partial charge in [0.25, 0.3) is 0 Å². The van der Waals surface area contributed by atoms with Crippen LogP contribution in [0.25, 0.3) is 11.0 Å². The highest BCUT2D eigenvalue weighted by atomic mass is 16.3. The van der Waals surface area contributed by atoms with E-state index >= 15 is 0 Å². The van der Waals surface area contributed by atoms with Crippen molar-refractivity contribution in [3.8, 4) is 0 Å². The van der Waals surface area contributed by atoms with Gasteiger partial charge in [0, 0.05) is 31.6 Å². The number of hydrogen-bond donors (Lipinski definition) is 1. The van der Waals surface area contributed by atoms with Crippen LogP contribution in [0, 0.1) is 6.92 Å². The number of rotatable bonds is 1. The van der Waals surface area contributed by atoms with E-state index in [4.69, 9.17) is 4.42 Å². The SMILES string of the molecule is Cc1oc2ccccc2c1N1CCNCC1. The quantitative estimate of drug-likeness (QED) is 0.791. The smallest absolute Gasteiger partial charge is 0.136 e. The molecule has 3 heteroatoms. The molecule has 0 saturated carbocycles. The van der Waals surface area contributed by atoms with Crippen molar-refractivity contribution >= 4 is 16.7 Å². The van der Waals surface area contributed by atoms with Gasteiger partial charge in [-0.05, 0) is 19.1 Å². The Balaban J connectivity index is 2.10. The lowest BCUT2D eigenvalue weighted by Gasteiger charge is -2.29. The fourth-order valence-electron chi connectivity index (χ4n) is 2.44. The second kappa shape index (κ2) is 3.83. The molecule has 0 bridgehead atoms. The van der Waals surface area contributed by atoms with Gasteiger partial charge in [-0.15, -0.1) is 0 Å². The lowest BCUT2D eigenvalue weighted by atomic mass is 10.2. The molecule has 0 radical (unpaired) electrons. The molecule has 3 nitrogen and oxygen atoms in total. The maximum absolute atomic E-state index is 5.79. The van der Waals surface area contributed by atoms with Crippen LogP contribution in [0.4, 0.5) is 5.69 Å². The van der Waals surface area contributed by atoms with E-state index in [0.29, 0.717) is 0 Å². The van der Waals surface area contributed by atoms with E-state index in [1.54, 1.807) is 0 Å². The largest absolute Gasteiger partial charge is 0.459 e. The van der Waals surface area contributed by atoms with E-state index in [2.05, 4.69) is 29.3 Å². The standard InChI is InChI=1S/C13H16N2O/c1-10-13(15-8-6-14-7-9-15)11-4-2-3-5-12(11)16-10/h2-5,14H,6-9H2,1H3. The molecule has 1 aromatic heterocycles. The second-order valence-corrected chi connectivity index (χ2v) is 4.24. The number of anilines is 1. The Labute approximate surface area is 95.0 Å². The average molecular weight is 216 g/mol. The molecular formula is C13H16N2O. The molecule has 1 aliphatic rings. The van der Waals surface area contributed by atoms with Crippen LogP contribution >= 0.6 is 0 Å². The molecule has 1 fully saturated rings. The summed E-state index contributed by atoms with van der Waals surface area (Å²) in [6, 6.07) is 8.27. The van der Waals surface area contributed by atoms with Gasteiger partial charge in [-0.2, -0.15) is 0 Å². The van der Waals surface area contributed by atoms with Gasteiger partial charge in [0.1, 0.15) is 11.3 Å². The predicted molar refractivity (Wildman–Crippen MR) is 66.0 cm³/mol. The van der Waals surface area contributed by atoms with Crippen LogP contribution < -0.4 is 10.2 Å². The summed E-state index contributed by atoms with van der Waals surface area (Å²) >= 11 is 0. The van der Waals surface area contributed by atoms with Gasteiger partial charge in [-0.3, -0.25) is 0 Å². The summed E-state index contributed by atoms with van der Waals surface area (Å²) in [6.07, 6.45) is 0. The highest BCUT2D eigenvalue weighted by Gasteiger charge is 2.18. The van der Waals surface area contributed by atoms with Crippen LogP contribution in [0.1, 0.15) is 5.76 Å². The number of nitrogens with one attached hydrogen (secondary N) is 1. The minimum absolute atomic E-state index is 0.994. The van der Waals surface area contributed by atoms with Crippen LogP contribution in [0.15, 0.2) is 28.7 Å². The number of para-hydroxylation sites is 1. The molecule has 3 rings (SSSR count). The summed E-state index contributed by atoms with van der Waals surface area (Å²) in [6.45, 7) is 6.28. The molecular weight excluding hydrogens is 200 g/mol. The van der Waals surface area contributed by atoms with Crippen molar-refractivity contribution in [2.45, 2.75) is 6.92 Å². The predicted octanol–water partition coefficient (Wildman–Crippen LogP) is 2.15. The first kappa shape index (κ1) is 9.73. The fourth-order valence-corrected chi connectivity index (χ4v) is 2.44. The number of hydrogen-bond acceptors (Lipinski definition) is 3. The molecule has 0 atom stereocenters. The number of nitrogens with zero attached hydrogens (tertiary/aromatic N) is 1. The van der Waals surface area contributed by atoms with Crippen LogP contribution in [0.2, 0.25) is 0 Å². The van der Waals surface area contributed by atoms with E-state index in [0.717, 1.165) is 37.5 Å². The third kappa shape index (κ3) is 1.48. The second-order valence-electron chi connectivity index (χ2n) is 4.24. The zero-order valence-corrected chi connectivity index (χ0v) is 9.49. The number of aryl methyl sites for hydroxylation is 1. The molecule has 2 heterocycles. The van der Waals surface area contributed by atoms with E-state index < -0.39 is 0 Å². The summed E-state index contributed by atoms with van der Waals surface area (Å²) in [4.78, 5) is 2.41. The summed E-state index contributed by atoms with van der Waals surface area (Å²) in [7, 11) is 0. The lowest BCUT2D eigenvalue weighted by Crippen LogP contribution is -2.43. The van der Waals surface area contributed by atoms with Crippen molar-refractivity contribution in [1.29, 1.82) is 0 Å². The molecule has 84 valence electrons. The van der Waals surface area contributed by atoms with E-state index in [1.165, 1.54) is 11.1 Å². The van der Waals surface area contributed by atoms with E-state index in [1.807, 2.05) is 12.1 Å². The van der Waals surface area contributed by atoms with Crippen molar-refractivity contribution in [1.82, 2.24) is 5.32 Å². The van der Waals surface area contributed by atoms with Gasteiger partial charge in [0.2, 0.25) is 0 Å². The summed E-state index contributed by atoms with van der Waals surface area (Å²) in [5.74, 6) is 1.03. The van der Waals surface area contributed by atoms with E-state index in [9.17, 15) is 0 Å². The molecule has 0 amide bonds. The summed E-state index contributed by atoms with van der Waals surface area (Å²) in [5, 5.41) is 4.61. The zero-order valence-electron chi connectivity index (χ0n) is 9.49. The topological polar surface area (TPSA) is 28.4 Å². The normalized spacial score (nSPS) is 16.9. The van der Waals surface area contributed by atoms with Crippen molar-refractivity contribution in [2.24, 2.45) is 0 Å².